The predicted octanol–water partition coefficient (Wildman–Crippen LogP) is 5.59. The maximum Gasteiger partial charge on any atom is 0.363 e. The monoisotopic (exact) mass is 638 g/mol. The van der Waals surface area contributed by atoms with Crippen molar-refractivity contribution in [1.82, 2.24) is 0 Å². The van der Waals surface area contributed by atoms with Crippen LogP contribution in [0.15, 0.2) is 41.0 Å². The van der Waals surface area contributed by atoms with Crippen LogP contribution in [0.5, 0.6) is 5.75 Å². The lowest BCUT2D eigenvalue weighted by Crippen LogP contribution is -2.06. The molecule has 0 unspecified atom stereocenters. The maximum atomic E-state index is 12.3. The van der Waals surface area contributed by atoms with Crippen LogP contribution in [0.2, 0.25) is 5.02 Å². The van der Waals surface area contributed by atoms with Crippen LogP contribution in [-0.4, -0.2) is 23.4 Å². The predicted molar refractivity (Wildman–Crippen MR) is 126 cm³/mol. The highest BCUT2D eigenvalue weighted by Crippen LogP contribution is 2.31. The number of rotatable bonds is 6. The van der Waals surface area contributed by atoms with E-state index in [1.54, 1.807) is 6.08 Å². The average Bonchev–Trinajstić information content (AvgIpc) is 3.01. The zero-order valence-electron chi connectivity index (χ0n) is 14.9. The summed E-state index contributed by atoms with van der Waals surface area (Å²) in [5, 5.41) is 11.2. The van der Waals surface area contributed by atoms with Crippen molar-refractivity contribution in [3.63, 3.8) is 0 Å². The highest BCUT2D eigenvalue weighted by molar-refractivity contribution is 14.1. The topological polar surface area (TPSA) is 91.0 Å². The van der Waals surface area contributed by atoms with Gasteiger partial charge in [-0.25, -0.2) is 9.79 Å². The second kappa shape index (κ2) is 9.39. The molecule has 0 spiro atoms. The van der Waals surface area contributed by atoms with Gasteiger partial charge >= 0.3 is 5.97 Å². The first-order chi connectivity index (χ1) is 13.8. The van der Waals surface area contributed by atoms with Crippen LogP contribution in [0.25, 0.3) is 6.08 Å². The van der Waals surface area contributed by atoms with Crippen molar-refractivity contribution in [2.45, 2.75) is 13.3 Å². The lowest BCUT2D eigenvalue weighted by Gasteiger charge is -2.10. The molecule has 0 aromatic heterocycles. The van der Waals surface area contributed by atoms with Gasteiger partial charge in [0.2, 0.25) is 5.90 Å². The number of carbonyl (C=O) groups is 1. The van der Waals surface area contributed by atoms with E-state index in [2.05, 4.69) is 50.2 Å². The summed E-state index contributed by atoms with van der Waals surface area (Å²) in [6.07, 6.45) is 2.50. The second-order valence-electron chi connectivity index (χ2n) is 5.92. The molecule has 7 nitrogen and oxygen atoms in total. The number of non-ortho nitro benzene ring substituents is 1. The van der Waals surface area contributed by atoms with Crippen LogP contribution in [0, 0.1) is 17.3 Å². The van der Waals surface area contributed by atoms with Gasteiger partial charge in [-0.2, -0.15) is 0 Å². The van der Waals surface area contributed by atoms with Crippen LogP contribution < -0.4 is 4.74 Å². The minimum atomic E-state index is -0.654. The summed E-state index contributed by atoms with van der Waals surface area (Å²) >= 11 is 10.5. The molecule has 3 rings (SSSR count). The van der Waals surface area contributed by atoms with Crippen molar-refractivity contribution in [3.8, 4) is 5.75 Å². The van der Waals surface area contributed by atoms with Crippen molar-refractivity contribution >= 4 is 80.4 Å². The fourth-order valence-electron chi connectivity index (χ4n) is 2.48. The van der Waals surface area contributed by atoms with Gasteiger partial charge in [-0.3, -0.25) is 10.1 Å². The first-order valence-corrected chi connectivity index (χ1v) is 10.9. The molecule has 2 aromatic carbocycles. The van der Waals surface area contributed by atoms with Crippen molar-refractivity contribution in [2.24, 2.45) is 4.99 Å². The summed E-state index contributed by atoms with van der Waals surface area (Å²) in [5.41, 5.74) is 0.846. The summed E-state index contributed by atoms with van der Waals surface area (Å²) in [5.74, 6) is 0.0814. The fourth-order valence-corrected chi connectivity index (χ4v) is 4.80. The molecule has 1 aliphatic heterocycles. The summed E-state index contributed by atoms with van der Waals surface area (Å²) in [7, 11) is 0. The molecule has 0 saturated carbocycles. The van der Waals surface area contributed by atoms with Crippen LogP contribution in [0.3, 0.4) is 0 Å². The Morgan fingerprint density at radius 3 is 2.59 bits per heavy atom. The van der Waals surface area contributed by atoms with Crippen molar-refractivity contribution in [1.29, 1.82) is 0 Å². The number of hydrogen-bond donors (Lipinski definition) is 0. The second-order valence-corrected chi connectivity index (χ2v) is 8.65. The van der Waals surface area contributed by atoms with Gasteiger partial charge in [-0.1, -0.05) is 18.5 Å². The van der Waals surface area contributed by atoms with Gasteiger partial charge in [0.25, 0.3) is 5.69 Å². The van der Waals surface area contributed by atoms with Crippen LogP contribution in [0.1, 0.15) is 24.5 Å². The van der Waals surface area contributed by atoms with Crippen LogP contribution >= 0.6 is 56.8 Å². The largest absolute Gasteiger partial charge is 0.491 e. The van der Waals surface area contributed by atoms with Gasteiger partial charge in [0, 0.05) is 12.1 Å². The lowest BCUT2D eigenvalue weighted by atomic mass is 10.2. The number of halogens is 3. The van der Waals surface area contributed by atoms with E-state index in [-0.39, 0.29) is 27.9 Å². The standard InChI is InChI=1S/C19H13ClI2N2O5/c1-2-5-28-17-14(21)6-10(7-15(17)22)8-16-19(25)29-18(23-16)12-9-11(24(26)27)3-4-13(12)20/h3-4,6-9H,2,5H2,1H3/b16-8-. The summed E-state index contributed by atoms with van der Waals surface area (Å²) in [6, 6.07) is 7.62. The zero-order valence-corrected chi connectivity index (χ0v) is 20.0. The number of nitro benzene ring substituents is 1. The van der Waals surface area contributed by atoms with Crippen LogP contribution in [-0.2, 0) is 9.53 Å². The minimum absolute atomic E-state index is 0.0674. The van der Waals surface area contributed by atoms with Gasteiger partial charge in [0.1, 0.15) is 5.75 Å². The molecule has 0 atom stereocenters. The van der Waals surface area contributed by atoms with Crippen molar-refractivity contribution in [3.05, 3.63) is 69.4 Å². The molecule has 2 aromatic rings. The van der Waals surface area contributed by atoms with Crippen molar-refractivity contribution in [2.75, 3.05) is 6.61 Å². The molecule has 0 radical (unpaired) electrons. The Labute approximate surface area is 198 Å². The fraction of sp³-hybridized carbons (Fsp3) is 0.158. The number of cyclic esters (lactones) is 1. The molecule has 0 bridgehead atoms. The molecule has 150 valence electrons. The van der Waals surface area contributed by atoms with Gasteiger partial charge in [-0.05, 0) is 81.4 Å². The maximum absolute atomic E-state index is 12.3. The van der Waals surface area contributed by atoms with Gasteiger partial charge < -0.3 is 9.47 Å². The number of aliphatic imine (C=N–C) groups is 1. The Morgan fingerprint density at radius 2 is 1.97 bits per heavy atom. The third-order valence-electron chi connectivity index (χ3n) is 3.79. The van der Waals surface area contributed by atoms with Gasteiger partial charge in [0.05, 0.1) is 29.3 Å². The molecule has 10 heteroatoms. The lowest BCUT2D eigenvalue weighted by molar-refractivity contribution is -0.384. The Morgan fingerprint density at radius 1 is 1.28 bits per heavy atom. The van der Waals surface area contributed by atoms with E-state index < -0.39 is 10.9 Å². The van der Waals surface area contributed by atoms with E-state index in [0.717, 1.165) is 24.9 Å². The van der Waals surface area contributed by atoms with E-state index in [0.29, 0.717) is 6.61 Å². The SMILES string of the molecule is CCCOc1c(I)cc(/C=C2\N=C(c3cc([N+](=O)[O-])ccc3Cl)OC2=O)cc1I. The molecule has 0 N–H and O–H groups in total. The third kappa shape index (κ3) is 5.07. The molecular weight excluding hydrogens is 625 g/mol. The first-order valence-electron chi connectivity index (χ1n) is 8.39. The molecule has 1 aliphatic rings. The number of nitrogens with zero attached hydrogens (tertiary/aromatic N) is 2. The van der Waals surface area contributed by atoms with Crippen molar-refractivity contribution < 1.29 is 19.2 Å². The highest BCUT2D eigenvalue weighted by atomic mass is 127. The van der Waals surface area contributed by atoms with E-state index in [4.69, 9.17) is 21.1 Å². The smallest absolute Gasteiger partial charge is 0.363 e. The minimum Gasteiger partial charge on any atom is -0.491 e. The number of nitro groups is 1. The summed E-state index contributed by atoms with van der Waals surface area (Å²) in [6.45, 7) is 2.66. The van der Waals surface area contributed by atoms with Gasteiger partial charge in [-0.15, -0.1) is 0 Å². The van der Waals surface area contributed by atoms with E-state index in [9.17, 15) is 14.9 Å². The number of benzene rings is 2. The zero-order chi connectivity index (χ0) is 21.1. The quantitative estimate of drug-likeness (QED) is 0.135. The molecule has 29 heavy (non-hydrogen) atoms. The Bertz CT molecular complexity index is 1050. The van der Waals surface area contributed by atoms with E-state index >= 15 is 0 Å². The number of esters is 1. The highest BCUT2D eigenvalue weighted by Gasteiger charge is 2.27. The average molecular weight is 639 g/mol. The molecule has 0 amide bonds. The number of carbonyl (C=O) groups excluding carboxylic acids is 1. The summed E-state index contributed by atoms with van der Waals surface area (Å²) < 4.78 is 12.8. The number of hydrogen-bond acceptors (Lipinski definition) is 6. The molecule has 0 aliphatic carbocycles. The normalized spacial score (nSPS) is 14.7. The van der Waals surface area contributed by atoms with Gasteiger partial charge in [0.15, 0.2) is 5.70 Å². The van der Waals surface area contributed by atoms with E-state index in [1.165, 1.54) is 18.2 Å². The van der Waals surface area contributed by atoms with Crippen LogP contribution in [0.4, 0.5) is 5.69 Å². The summed E-state index contributed by atoms with van der Waals surface area (Å²) in [4.78, 5) is 26.9. The Hall–Kier alpha value is -1.73. The molecule has 0 saturated heterocycles. The molecule has 1 heterocycles. The third-order valence-corrected chi connectivity index (χ3v) is 5.72. The number of ether oxygens (including phenoxy) is 2. The Balaban J connectivity index is 1.95. The first kappa shape index (κ1) is 22.0. The van der Waals surface area contributed by atoms with E-state index in [1.807, 2.05) is 19.1 Å². The molecule has 0 fully saturated rings. The Kier molecular flexibility index (Phi) is 7.11. The molecular formula is C19H13ClI2N2O5.